The van der Waals surface area contributed by atoms with Gasteiger partial charge in [-0.05, 0) is 18.1 Å². The molecule has 0 aliphatic carbocycles. The lowest BCUT2D eigenvalue weighted by Gasteiger charge is -2.27. The van der Waals surface area contributed by atoms with Gasteiger partial charge in [-0.1, -0.05) is 11.6 Å². The number of nitrogens with one attached hydrogen (secondary N) is 1. The molecule has 1 N–H and O–H groups in total. The van der Waals surface area contributed by atoms with Crippen LogP contribution in [0.1, 0.15) is 23.9 Å². The van der Waals surface area contributed by atoms with Crippen molar-refractivity contribution < 1.29 is 9.18 Å². The molecule has 2 aliphatic heterocycles. The van der Waals surface area contributed by atoms with E-state index in [-0.39, 0.29) is 24.7 Å². The molecule has 2 atom stereocenters. The molecule has 0 unspecified atom stereocenters. The fourth-order valence-corrected chi connectivity index (χ4v) is 3.65. The number of aromatic nitrogens is 4. The van der Waals surface area contributed by atoms with Crippen LogP contribution in [0.25, 0.3) is 0 Å². The largest absolute Gasteiger partial charge is 0.347 e. The zero-order valence-electron chi connectivity index (χ0n) is 13.9. The molecule has 2 aromatic heterocycles. The molecule has 0 bridgehead atoms. The Kier molecular flexibility index (Phi) is 4.49. The van der Waals surface area contributed by atoms with E-state index >= 15 is 0 Å². The summed E-state index contributed by atoms with van der Waals surface area (Å²) >= 11 is 5.93. The summed E-state index contributed by atoms with van der Waals surface area (Å²) in [5, 5.41) is 7.92. The quantitative estimate of drug-likeness (QED) is 0.831. The highest BCUT2D eigenvalue weighted by molar-refractivity contribution is 6.30. The predicted octanol–water partition coefficient (Wildman–Crippen LogP) is 0.356. The zero-order valence-corrected chi connectivity index (χ0v) is 14.7. The maximum absolute atomic E-state index is 13.4. The number of hydrogen-bond acceptors (Lipinski definition) is 5. The summed E-state index contributed by atoms with van der Waals surface area (Å²) in [6, 6.07) is 1.01. The molecule has 2 aliphatic rings. The van der Waals surface area contributed by atoms with Gasteiger partial charge < -0.3 is 10.2 Å². The third-order valence-corrected chi connectivity index (χ3v) is 4.90. The number of amides is 1. The summed E-state index contributed by atoms with van der Waals surface area (Å²) in [5.74, 6) is 0.246. The van der Waals surface area contributed by atoms with Crippen LogP contribution < -0.4 is 11.0 Å². The molecule has 0 aromatic carbocycles. The number of rotatable bonds is 3. The first kappa shape index (κ1) is 17.2. The van der Waals surface area contributed by atoms with Crippen LogP contribution in [0.15, 0.2) is 23.3 Å². The number of nitrogens with zero attached hydrogens (tertiary/aromatic N) is 5. The van der Waals surface area contributed by atoms with E-state index < -0.39 is 12.2 Å². The number of carbonyl (C=O) groups is 1. The molecule has 8 nitrogen and oxygen atoms in total. The van der Waals surface area contributed by atoms with Crippen LogP contribution in [-0.2, 0) is 17.9 Å². The Morgan fingerprint density at radius 3 is 3.00 bits per heavy atom. The summed E-state index contributed by atoms with van der Waals surface area (Å²) in [5.41, 5.74) is 0.376. The molecule has 26 heavy (non-hydrogen) atoms. The summed E-state index contributed by atoms with van der Waals surface area (Å²) in [4.78, 5) is 31.1. The molecule has 138 valence electrons. The molecular formula is C16H18ClFN6O2. The Labute approximate surface area is 153 Å². The number of halogens is 2. The van der Waals surface area contributed by atoms with Crippen molar-refractivity contribution in [1.29, 1.82) is 0 Å². The molecule has 1 fully saturated rings. The van der Waals surface area contributed by atoms with Gasteiger partial charge in [0.15, 0.2) is 0 Å². The average Bonchev–Trinajstić information content (AvgIpc) is 3.18. The van der Waals surface area contributed by atoms with Crippen molar-refractivity contribution in [3.8, 4) is 0 Å². The minimum atomic E-state index is -0.996. The second-order valence-electron chi connectivity index (χ2n) is 6.55. The molecule has 1 amide bonds. The first-order valence-corrected chi connectivity index (χ1v) is 8.82. The summed E-state index contributed by atoms with van der Waals surface area (Å²) in [6.45, 7) is 1.39. The Morgan fingerprint density at radius 1 is 1.42 bits per heavy atom. The van der Waals surface area contributed by atoms with Gasteiger partial charge in [0.05, 0.1) is 24.7 Å². The Bertz CT molecular complexity index is 897. The number of hydrogen-bond donors (Lipinski definition) is 1. The van der Waals surface area contributed by atoms with Gasteiger partial charge in [0.1, 0.15) is 18.0 Å². The van der Waals surface area contributed by atoms with Gasteiger partial charge in [0.25, 0.3) is 0 Å². The lowest BCUT2D eigenvalue weighted by atomic mass is 10.2. The van der Waals surface area contributed by atoms with Gasteiger partial charge in [-0.25, -0.2) is 13.9 Å². The molecule has 0 spiro atoms. The SMILES string of the molecule is O=C([C@@H]1CNCc2nn(Cc3cncc(Cl)c3)c(=O)n21)N1CC[C@H](F)C1. The third-order valence-electron chi connectivity index (χ3n) is 4.69. The van der Waals surface area contributed by atoms with Gasteiger partial charge in [-0.3, -0.25) is 14.3 Å². The van der Waals surface area contributed by atoms with Gasteiger partial charge in [-0.15, -0.1) is 0 Å². The van der Waals surface area contributed by atoms with Crippen LogP contribution in [0.4, 0.5) is 4.39 Å². The van der Waals surface area contributed by atoms with E-state index in [1.807, 2.05) is 0 Å². The molecule has 0 radical (unpaired) electrons. The number of pyridine rings is 1. The topological polar surface area (TPSA) is 85.0 Å². The number of alkyl halides is 1. The van der Waals surface area contributed by atoms with E-state index in [1.54, 1.807) is 12.3 Å². The average molecular weight is 381 g/mol. The van der Waals surface area contributed by atoms with Crippen molar-refractivity contribution >= 4 is 17.5 Å². The maximum Gasteiger partial charge on any atom is 0.347 e. The highest BCUT2D eigenvalue weighted by Gasteiger charge is 2.36. The summed E-state index contributed by atoms with van der Waals surface area (Å²) < 4.78 is 16.2. The smallest absolute Gasteiger partial charge is 0.338 e. The second-order valence-corrected chi connectivity index (χ2v) is 6.99. The first-order chi connectivity index (χ1) is 12.5. The zero-order chi connectivity index (χ0) is 18.3. The standard InChI is InChI=1S/C16H18ClFN6O2/c17-11-3-10(4-19-5-11)8-23-16(26)24-13(6-20-7-14(24)21-23)15(25)22-2-1-12(18)9-22/h3-5,12-13,20H,1-2,6-9H2/t12-,13-/m0/s1. The van der Waals surface area contributed by atoms with Gasteiger partial charge in [0.2, 0.25) is 5.91 Å². The van der Waals surface area contributed by atoms with E-state index in [1.165, 1.54) is 20.3 Å². The normalized spacial score (nSPS) is 22.5. The minimum absolute atomic E-state index is 0.0851. The molecule has 4 heterocycles. The van der Waals surface area contributed by atoms with E-state index in [4.69, 9.17) is 11.6 Å². The predicted molar refractivity (Wildman–Crippen MR) is 91.7 cm³/mol. The fraction of sp³-hybridized carbons (Fsp3) is 0.500. The van der Waals surface area contributed by atoms with E-state index in [2.05, 4.69) is 15.4 Å². The second kappa shape index (κ2) is 6.81. The maximum atomic E-state index is 13.4. The van der Waals surface area contributed by atoms with Crippen molar-refractivity contribution in [3.63, 3.8) is 0 Å². The van der Waals surface area contributed by atoms with Gasteiger partial charge in [-0.2, -0.15) is 5.10 Å². The van der Waals surface area contributed by atoms with Crippen molar-refractivity contribution in [2.75, 3.05) is 19.6 Å². The van der Waals surface area contributed by atoms with Crippen molar-refractivity contribution in [3.05, 3.63) is 45.4 Å². The lowest BCUT2D eigenvalue weighted by Crippen LogP contribution is -2.47. The Morgan fingerprint density at radius 2 is 2.27 bits per heavy atom. The van der Waals surface area contributed by atoms with E-state index in [9.17, 15) is 14.0 Å². The molecule has 1 saturated heterocycles. The van der Waals surface area contributed by atoms with Crippen LogP contribution in [0.5, 0.6) is 0 Å². The number of fused-ring (bicyclic) bond motifs is 1. The van der Waals surface area contributed by atoms with Crippen LogP contribution in [0.2, 0.25) is 5.02 Å². The van der Waals surface area contributed by atoms with Crippen LogP contribution in [0, 0.1) is 0 Å². The van der Waals surface area contributed by atoms with Crippen LogP contribution >= 0.6 is 11.6 Å². The molecule has 0 saturated carbocycles. The lowest BCUT2D eigenvalue weighted by molar-refractivity contribution is -0.134. The minimum Gasteiger partial charge on any atom is -0.338 e. The van der Waals surface area contributed by atoms with Gasteiger partial charge in [0, 0.05) is 25.5 Å². The monoisotopic (exact) mass is 380 g/mol. The molecule has 10 heteroatoms. The first-order valence-electron chi connectivity index (χ1n) is 8.44. The van der Waals surface area contributed by atoms with E-state index in [0.717, 1.165) is 5.56 Å². The summed E-state index contributed by atoms with van der Waals surface area (Å²) in [7, 11) is 0. The highest BCUT2D eigenvalue weighted by atomic mass is 35.5. The van der Waals surface area contributed by atoms with Gasteiger partial charge >= 0.3 is 5.69 Å². The summed E-state index contributed by atoms with van der Waals surface area (Å²) in [6.07, 6.45) is 2.47. The molecular weight excluding hydrogens is 363 g/mol. The van der Waals surface area contributed by atoms with Crippen LogP contribution in [0.3, 0.4) is 0 Å². The van der Waals surface area contributed by atoms with Crippen molar-refractivity contribution in [2.45, 2.75) is 31.7 Å². The fourth-order valence-electron chi connectivity index (χ4n) is 3.46. The van der Waals surface area contributed by atoms with Crippen molar-refractivity contribution in [2.24, 2.45) is 0 Å². The Hall–Kier alpha value is -2.26. The van der Waals surface area contributed by atoms with Crippen molar-refractivity contribution in [1.82, 2.24) is 29.5 Å². The molecule has 4 rings (SSSR count). The molecule has 2 aromatic rings. The van der Waals surface area contributed by atoms with E-state index in [0.29, 0.717) is 36.9 Å². The highest BCUT2D eigenvalue weighted by Crippen LogP contribution is 2.20. The number of carbonyl (C=O) groups excluding carboxylic acids is 1. The van der Waals surface area contributed by atoms with Crippen LogP contribution in [-0.4, -0.2) is 55.9 Å². The number of likely N-dealkylation sites (tertiary alicyclic amines) is 1. The third kappa shape index (κ3) is 3.12. The Balaban J connectivity index is 1.63.